The van der Waals surface area contributed by atoms with Crippen molar-refractivity contribution in [3.63, 3.8) is 0 Å². The molecule has 1 heterocycles. The Kier molecular flexibility index (Phi) is 3.29. The Morgan fingerprint density at radius 2 is 1.86 bits per heavy atom. The van der Waals surface area contributed by atoms with Gasteiger partial charge in [0.15, 0.2) is 0 Å². The van der Waals surface area contributed by atoms with E-state index in [9.17, 15) is 0 Å². The number of aromatic nitrogens is 2. The molecule has 4 nitrogen and oxygen atoms in total. The Bertz CT molecular complexity index is 285. The predicted molar refractivity (Wildman–Crippen MR) is 54.0 cm³/mol. The average Bonchev–Trinajstić information content (AvgIpc) is 2.54. The van der Waals surface area contributed by atoms with E-state index in [1.54, 1.807) is 20.4 Å². The van der Waals surface area contributed by atoms with E-state index in [0.717, 1.165) is 5.82 Å². The monoisotopic (exact) mass is 198 g/mol. The fourth-order valence-electron chi connectivity index (χ4n) is 1.39. The van der Waals surface area contributed by atoms with Gasteiger partial charge in [0.05, 0.1) is 0 Å². The first kappa shape index (κ1) is 11.2. The van der Waals surface area contributed by atoms with Crippen LogP contribution < -0.4 is 0 Å². The normalized spacial score (nSPS) is 12.4. The van der Waals surface area contributed by atoms with E-state index >= 15 is 0 Å². The van der Waals surface area contributed by atoms with Crippen LogP contribution in [-0.2, 0) is 14.9 Å². The molecular formula is C10H18N2O2. The molecule has 0 atom stereocenters. The maximum absolute atomic E-state index is 5.18. The predicted octanol–water partition coefficient (Wildman–Crippen LogP) is 1.93. The zero-order valence-electron chi connectivity index (χ0n) is 9.44. The Morgan fingerprint density at radius 1 is 1.29 bits per heavy atom. The van der Waals surface area contributed by atoms with Crippen LogP contribution in [-0.4, -0.2) is 23.8 Å². The highest BCUT2D eigenvalue weighted by Gasteiger charge is 2.23. The minimum Gasteiger partial charge on any atom is -0.338 e. The van der Waals surface area contributed by atoms with E-state index in [-0.39, 0.29) is 5.41 Å². The molecule has 0 amide bonds. The highest BCUT2D eigenvalue weighted by Crippen LogP contribution is 2.23. The maximum Gasteiger partial charge on any atom is 0.244 e. The van der Waals surface area contributed by atoms with E-state index in [1.807, 2.05) is 10.8 Å². The van der Waals surface area contributed by atoms with Crippen molar-refractivity contribution in [2.75, 3.05) is 14.2 Å². The number of imidazole rings is 1. The Morgan fingerprint density at radius 3 is 2.29 bits per heavy atom. The van der Waals surface area contributed by atoms with Crippen LogP contribution in [0.1, 0.15) is 33.0 Å². The third kappa shape index (κ3) is 2.13. The van der Waals surface area contributed by atoms with E-state index in [4.69, 9.17) is 9.47 Å². The third-order valence-electron chi connectivity index (χ3n) is 1.97. The lowest BCUT2D eigenvalue weighted by Crippen LogP contribution is -2.23. The molecular weight excluding hydrogens is 180 g/mol. The van der Waals surface area contributed by atoms with Crippen LogP contribution in [0, 0.1) is 0 Å². The van der Waals surface area contributed by atoms with Crippen molar-refractivity contribution in [2.45, 2.75) is 32.6 Å². The van der Waals surface area contributed by atoms with Crippen molar-refractivity contribution in [2.24, 2.45) is 0 Å². The molecule has 0 aliphatic heterocycles. The number of hydrogen-bond donors (Lipinski definition) is 0. The van der Waals surface area contributed by atoms with Gasteiger partial charge in [0.1, 0.15) is 5.82 Å². The van der Waals surface area contributed by atoms with Gasteiger partial charge in [-0.25, -0.2) is 4.98 Å². The summed E-state index contributed by atoms with van der Waals surface area (Å²) in [5.74, 6) is 0.950. The summed E-state index contributed by atoms with van der Waals surface area (Å²) in [6.07, 6.45) is 3.22. The molecule has 0 fully saturated rings. The van der Waals surface area contributed by atoms with Crippen LogP contribution in [0.25, 0.3) is 0 Å². The van der Waals surface area contributed by atoms with E-state index < -0.39 is 6.41 Å². The van der Waals surface area contributed by atoms with Gasteiger partial charge in [0.2, 0.25) is 6.41 Å². The van der Waals surface area contributed by atoms with Crippen LogP contribution in [0.2, 0.25) is 0 Å². The molecule has 0 aliphatic carbocycles. The summed E-state index contributed by atoms with van der Waals surface area (Å²) in [6, 6.07) is 0. The zero-order chi connectivity index (χ0) is 10.8. The van der Waals surface area contributed by atoms with Gasteiger partial charge >= 0.3 is 0 Å². The van der Waals surface area contributed by atoms with Crippen LogP contribution >= 0.6 is 0 Å². The SMILES string of the molecule is COC(OC)n1ccnc1C(C)(C)C. The maximum atomic E-state index is 5.18. The largest absolute Gasteiger partial charge is 0.338 e. The average molecular weight is 198 g/mol. The third-order valence-corrected chi connectivity index (χ3v) is 1.97. The molecule has 0 radical (unpaired) electrons. The van der Waals surface area contributed by atoms with Crippen molar-refractivity contribution in [3.05, 3.63) is 18.2 Å². The standard InChI is InChI=1S/C10H18N2O2/c1-10(2,3)8-11-6-7-12(8)9(13-4)14-5/h6-7,9H,1-5H3. The molecule has 0 bridgehead atoms. The molecule has 0 spiro atoms. The fourth-order valence-corrected chi connectivity index (χ4v) is 1.39. The van der Waals surface area contributed by atoms with Crippen molar-refractivity contribution < 1.29 is 9.47 Å². The summed E-state index contributed by atoms with van der Waals surface area (Å²) in [4.78, 5) is 4.31. The quantitative estimate of drug-likeness (QED) is 0.696. The minimum absolute atomic E-state index is 0.0151. The molecule has 0 saturated heterocycles. The van der Waals surface area contributed by atoms with Gasteiger partial charge in [-0.15, -0.1) is 0 Å². The second kappa shape index (κ2) is 4.11. The highest BCUT2D eigenvalue weighted by molar-refractivity contribution is 5.05. The smallest absolute Gasteiger partial charge is 0.244 e. The fraction of sp³-hybridized carbons (Fsp3) is 0.700. The summed E-state index contributed by atoms with van der Waals surface area (Å²) in [5, 5.41) is 0. The lowest BCUT2D eigenvalue weighted by Gasteiger charge is -2.23. The van der Waals surface area contributed by atoms with Gasteiger partial charge in [-0.3, -0.25) is 4.57 Å². The molecule has 1 rings (SSSR count). The van der Waals surface area contributed by atoms with E-state index in [1.165, 1.54) is 0 Å². The van der Waals surface area contributed by atoms with Crippen molar-refractivity contribution in [3.8, 4) is 0 Å². The summed E-state index contributed by atoms with van der Waals surface area (Å²) in [7, 11) is 3.22. The molecule has 1 aromatic rings. The molecule has 0 N–H and O–H groups in total. The molecule has 4 heteroatoms. The molecule has 0 aliphatic rings. The Labute approximate surface area is 84.9 Å². The van der Waals surface area contributed by atoms with Gasteiger partial charge < -0.3 is 9.47 Å². The van der Waals surface area contributed by atoms with Crippen LogP contribution in [0.3, 0.4) is 0 Å². The first-order valence-electron chi connectivity index (χ1n) is 4.59. The van der Waals surface area contributed by atoms with Crippen molar-refractivity contribution in [1.82, 2.24) is 9.55 Å². The van der Waals surface area contributed by atoms with Crippen LogP contribution in [0.4, 0.5) is 0 Å². The lowest BCUT2D eigenvalue weighted by molar-refractivity contribution is -0.158. The summed E-state index contributed by atoms with van der Waals surface area (Å²) >= 11 is 0. The van der Waals surface area contributed by atoms with Gasteiger partial charge in [0, 0.05) is 32.0 Å². The Balaban J connectivity index is 3.03. The second-order valence-electron chi connectivity index (χ2n) is 4.19. The van der Waals surface area contributed by atoms with E-state index in [0.29, 0.717) is 0 Å². The number of rotatable bonds is 3. The van der Waals surface area contributed by atoms with Gasteiger partial charge in [-0.2, -0.15) is 0 Å². The van der Waals surface area contributed by atoms with Crippen LogP contribution in [0.15, 0.2) is 12.4 Å². The number of hydrogen-bond acceptors (Lipinski definition) is 3. The summed E-state index contributed by atoms with van der Waals surface area (Å²) in [5.41, 5.74) is -0.0151. The van der Waals surface area contributed by atoms with Gasteiger partial charge in [0.25, 0.3) is 0 Å². The first-order chi connectivity index (χ1) is 6.50. The minimum atomic E-state index is -0.397. The molecule has 14 heavy (non-hydrogen) atoms. The molecule has 0 aromatic carbocycles. The number of nitrogens with zero attached hydrogens (tertiary/aromatic N) is 2. The zero-order valence-corrected chi connectivity index (χ0v) is 9.44. The first-order valence-corrected chi connectivity index (χ1v) is 4.59. The Hall–Kier alpha value is -0.870. The number of methoxy groups -OCH3 is 2. The van der Waals surface area contributed by atoms with Crippen molar-refractivity contribution in [1.29, 1.82) is 0 Å². The lowest BCUT2D eigenvalue weighted by atomic mass is 9.96. The topological polar surface area (TPSA) is 36.3 Å². The summed E-state index contributed by atoms with van der Waals surface area (Å²) in [6.45, 7) is 6.32. The number of ether oxygens (including phenoxy) is 2. The molecule has 0 unspecified atom stereocenters. The second-order valence-corrected chi connectivity index (χ2v) is 4.19. The van der Waals surface area contributed by atoms with E-state index in [2.05, 4.69) is 25.8 Å². The van der Waals surface area contributed by atoms with Crippen molar-refractivity contribution >= 4 is 0 Å². The van der Waals surface area contributed by atoms with Gasteiger partial charge in [-0.05, 0) is 0 Å². The summed E-state index contributed by atoms with van der Waals surface area (Å²) < 4.78 is 12.2. The van der Waals surface area contributed by atoms with Gasteiger partial charge in [-0.1, -0.05) is 20.8 Å². The van der Waals surface area contributed by atoms with Crippen LogP contribution in [0.5, 0.6) is 0 Å². The molecule has 80 valence electrons. The molecule has 1 aromatic heterocycles. The molecule has 0 saturated carbocycles. The highest BCUT2D eigenvalue weighted by atomic mass is 16.7.